The summed E-state index contributed by atoms with van der Waals surface area (Å²) in [6.45, 7) is 8.19. The summed E-state index contributed by atoms with van der Waals surface area (Å²) in [4.78, 5) is 29.2. The lowest BCUT2D eigenvalue weighted by molar-refractivity contribution is 0.0673. The van der Waals surface area contributed by atoms with Crippen LogP contribution in [0.4, 0.5) is 0 Å². The highest BCUT2D eigenvalue weighted by molar-refractivity contribution is 5.73. The van der Waals surface area contributed by atoms with E-state index < -0.39 is 0 Å². The second-order valence-corrected chi connectivity index (χ2v) is 8.92. The fourth-order valence-corrected chi connectivity index (χ4v) is 4.91. The normalized spacial score (nSPS) is 23.1. The predicted molar refractivity (Wildman–Crippen MR) is 116 cm³/mol. The van der Waals surface area contributed by atoms with Gasteiger partial charge in [0.05, 0.1) is 12.2 Å². The monoisotopic (exact) mass is 423 g/mol. The lowest BCUT2D eigenvalue weighted by Crippen LogP contribution is -2.28. The second kappa shape index (κ2) is 8.12. The molecule has 0 radical (unpaired) electrons. The first-order chi connectivity index (χ1) is 15.0. The van der Waals surface area contributed by atoms with Gasteiger partial charge in [0.1, 0.15) is 17.0 Å². The van der Waals surface area contributed by atoms with Gasteiger partial charge in [0.2, 0.25) is 0 Å². The maximum atomic E-state index is 13.1. The molecule has 0 aliphatic carbocycles. The summed E-state index contributed by atoms with van der Waals surface area (Å²) in [6.07, 6.45) is 7.26. The van der Waals surface area contributed by atoms with Crippen LogP contribution < -0.4 is 5.56 Å². The van der Waals surface area contributed by atoms with Crippen LogP contribution in [0.15, 0.2) is 23.4 Å². The van der Waals surface area contributed by atoms with Crippen LogP contribution in [0, 0.1) is 12.8 Å². The first-order valence-corrected chi connectivity index (χ1v) is 11.0. The summed E-state index contributed by atoms with van der Waals surface area (Å²) in [5, 5.41) is 5.14. The van der Waals surface area contributed by atoms with E-state index in [1.165, 1.54) is 0 Å². The van der Waals surface area contributed by atoms with E-state index in [4.69, 9.17) is 9.72 Å². The van der Waals surface area contributed by atoms with Gasteiger partial charge in [0.25, 0.3) is 5.56 Å². The zero-order chi connectivity index (χ0) is 21.5. The van der Waals surface area contributed by atoms with Crippen molar-refractivity contribution in [3.8, 4) is 0 Å². The molecular formula is C22H29N7O2. The Kier molecular flexibility index (Phi) is 5.31. The van der Waals surface area contributed by atoms with Crippen LogP contribution in [-0.4, -0.2) is 60.5 Å². The Morgan fingerprint density at radius 2 is 1.87 bits per heavy atom. The Bertz CT molecular complexity index is 1130. The van der Waals surface area contributed by atoms with Crippen molar-refractivity contribution >= 4 is 11.0 Å². The Morgan fingerprint density at radius 3 is 2.61 bits per heavy atom. The minimum absolute atomic E-state index is 0.0177. The molecule has 2 atom stereocenters. The number of nitrogens with zero attached hydrogens (tertiary/aromatic N) is 7. The minimum Gasteiger partial charge on any atom is -0.381 e. The topological polar surface area (TPSA) is 91.0 Å². The molecule has 2 saturated heterocycles. The zero-order valence-corrected chi connectivity index (χ0v) is 18.4. The smallest absolute Gasteiger partial charge is 0.264 e. The molecule has 2 aliphatic heterocycles. The van der Waals surface area contributed by atoms with Crippen LogP contribution in [-0.2, 0) is 18.3 Å². The highest BCUT2D eigenvalue weighted by atomic mass is 16.5. The molecule has 3 aromatic rings. The van der Waals surface area contributed by atoms with Gasteiger partial charge in [-0.15, -0.1) is 0 Å². The summed E-state index contributed by atoms with van der Waals surface area (Å²) in [5.74, 6) is 2.21. The molecule has 2 fully saturated rings. The van der Waals surface area contributed by atoms with Gasteiger partial charge in [0.15, 0.2) is 5.65 Å². The quantitative estimate of drug-likeness (QED) is 0.632. The number of aromatic nitrogens is 6. The van der Waals surface area contributed by atoms with Gasteiger partial charge in [-0.3, -0.25) is 14.3 Å². The first kappa shape index (κ1) is 20.3. The average Bonchev–Trinajstić information content (AvgIpc) is 3.36. The molecule has 5 rings (SSSR count). The van der Waals surface area contributed by atoms with E-state index in [1.807, 2.05) is 31.0 Å². The molecule has 3 aromatic heterocycles. The molecule has 0 bridgehead atoms. The number of hydrogen-bond acceptors (Lipinski definition) is 7. The van der Waals surface area contributed by atoms with Gasteiger partial charge in [-0.25, -0.2) is 19.6 Å². The third-order valence-electron chi connectivity index (χ3n) is 6.67. The largest absolute Gasteiger partial charge is 0.381 e. The molecule has 9 heteroatoms. The van der Waals surface area contributed by atoms with Crippen molar-refractivity contribution in [3.05, 3.63) is 46.2 Å². The van der Waals surface area contributed by atoms with E-state index >= 15 is 0 Å². The van der Waals surface area contributed by atoms with E-state index in [9.17, 15) is 4.79 Å². The van der Waals surface area contributed by atoms with E-state index in [1.54, 1.807) is 10.8 Å². The maximum Gasteiger partial charge on any atom is 0.264 e. The van der Waals surface area contributed by atoms with Gasteiger partial charge < -0.3 is 4.74 Å². The molecule has 0 aromatic carbocycles. The summed E-state index contributed by atoms with van der Waals surface area (Å²) >= 11 is 0. The molecule has 5 heterocycles. The molecule has 0 spiro atoms. The molecule has 2 aliphatic rings. The first-order valence-electron chi connectivity index (χ1n) is 11.0. The van der Waals surface area contributed by atoms with Crippen LogP contribution in [0.25, 0.3) is 11.0 Å². The standard InChI is InChI=1S/C22H29N7O2/c1-14-11-28(12-16-8-23-15(2)24-9-16)13-19(14)20-26-21-18(22(30)27(20)3)10-25-29(21)17-4-6-31-7-5-17/h8-10,14,17,19H,4-7,11-13H2,1-3H3/t14-,19?/m1/s1. The van der Waals surface area contributed by atoms with Crippen molar-refractivity contribution in [3.63, 3.8) is 0 Å². The molecule has 31 heavy (non-hydrogen) atoms. The minimum atomic E-state index is -0.0177. The van der Waals surface area contributed by atoms with Crippen molar-refractivity contribution in [1.82, 2.24) is 34.2 Å². The predicted octanol–water partition coefficient (Wildman–Crippen LogP) is 1.82. The molecule has 0 saturated carbocycles. The second-order valence-electron chi connectivity index (χ2n) is 8.92. The number of ether oxygens (including phenoxy) is 1. The number of fused-ring (bicyclic) bond motifs is 1. The number of likely N-dealkylation sites (tertiary alicyclic amines) is 1. The average molecular weight is 424 g/mol. The molecule has 1 unspecified atom stereocenters. The van der Waals surface area contributed by atoms with Gasteiger partial charge in [-0.1, -0.05) is 6.92 Å². The number of aryl methyl sites for hydroxylation is 1. The molecule has 0 N–H and O–H groups in total. The van der Waals surface area contributed by atoms with E-state index in [2.05, 4.69) is 26.9 Å². The Balaban J connectivity index is 1.45. The SMILES string of the molecule is Cc1ncc(CN2CC(c3nc4c(cnn4C4CCOCC4)c(=O)n3C)[C@H](C)C2)cn1. The van der Waals surface area contributed by atoms with E-state index in [-0.39, 0.29) is 17.5 Å². The maximum absolute atomic E-state index is 13.1. The van der Waals surface area contributed by atoms with Crippen molar-refractivity contribution < 1.29 is 4.74 Å². The third-order valence-corrected chi connectivity index (χ3v) is 6.67. The van der Waals surface area contributed by atoms with Crippen LogP contribution >= 0.6 is 0 Å². The Morgan fingerprint density at radius 1 is 1.13 bits per heavy atom. The molecule has 0 amide bonds. The lowest BCUT2D eigenvalue weighted by atomic mass is 9.97. The van der Waals surface area contributed by atoms with Gasteiger partial charge >= 0.3 is 0 Å². The van der Waals surface area contributed by atoms with E-state index in [0.29, 0.717) is 17.0 Å². The van der Waals surface area contributed by atoms with Crippen LogP contribution in [0.5, 0.6) is 0 Å². The zero-order valence-electron chi connectivity index (χ0n) is 18.4. The fourth-order valence-electron chi connectivity index (χ4n) is 4.91. The van der Waals surface area contributed by atoms with Crippen LogP contribution in [0.3, 0.4) is 0 Å². The Labute approximate surface area is 181 Å². The molecule has 164 valence electrons. The third kappa shape index (κ3) is 3.76. The van der Waals surface area contributed by atoms with Crippen LogP contribution in [0.1, 0.15) is 48.9 Å². The fraction of sp³-hybridized carbons (Fsp3) is 0.591. The molecular weight excluding hydrogens is 394 g/mol. The molecule has 9 nitrogen and oxygen atoms in total. The highest BCUT2D eigenvalue weighted by Gasteiger charge is 2.34. The van der Waals surface area contributed by atoms with Gasteiger partial charge in [0, 0.05) is 63.8 Å². The Hall–Kier alpha value is -2.65. The number of hydrogen-bond donors (Lipinski definition) is 0. The van der Waals surface area contributed by atoms with Crippen LogP contribution in [0.2, 0.25) is 0 Å². The van der Waals surface area contributed by atoms with Crippen molar-refractivity contribution in [1.29, 1.82) is 0 Å². The summed E-state index contributed by atoms with van der Waals surface area (Å²) in [5.41, 5.74) is 1.80. The van der Waals surface area contributed by atoms with Gasteiger partial charge in [-0.2, -0.15) is 5.10 Å². The van der Waals surface area contributed by atoms with Crippen molar-refractivity contribution in [2.75, 3.05) is 26.3 Å². The lowest BCUT2D eigenvalue weighted by Gasteiger charge is -2.23. The highest BCUT2D eigenvalue weighted by Crippen LogP contribution is 2.32. The summed E-state index contributed by atoms with van der Waals surface area (Å²) in [7, 11) is 1.83. The van der Waals surface area contributed by atoms with E-state index in [0.717, 1.165) is 62.9 Å². The summed E-state index contributed by atoms with van der Waals surface area (Å²) in [6, 6.07) is 0.234. The van der Waals surface area contributed by atoms with Crippen molar-refractivity contribution in [2.45, 2.75) is 45.2 Å². The van der Waals surface area contributed by atoms with Crippen molar-refractivity contribution in [2.24, 2.45) is 13.0 Å². The number of rotatable bonds is 4. The summed E-state index contributed by atoms with van der Waals surface area (Å²) < 4.78 is 9.17. The van der Waals surface area contributed by atoms with Gasteiger partial charge in [-0.05, 0) is 25.7 Å².